The number of methoxy groups -OCH3 is 1. The minimum absolute atomic E-state index is 0.0351. The van der Waals surface area contributed by atoms with Crippen LogP contribution >= 0.6 is 0 Å². The molecule has 0 aliphatic rings. The minimum atomic E-state index is -0.748. The molecular weight excluding hydrogens is 256 g/mol. The lowest BCUT2D eigenvalue weighted by Crippen LogP contribution is -2.12. The molecule has 0 saturated heterocycles. The molecule has 0 aliphatic carbocycles. The average molecular weight is 264 g/mol. The summed E-state index contributed by atoms with van der Waals surface area (Å²) in [7, 11) is 1.20. The molecule has 0 atom stereocenters. The molecule has 2 rings (SSSR count). The van der Waals surface area contributed by atoms with Gasteiger partial charge in [0.15, 0.2) is 5.82 Å². The van der Waals surface area contributed by atoms with Crippen LogP contribution in [-0.2, 0) is 4.74 Å². The number of esters is 1. The van der Waals surface area contributed by atoms with Crippen LogP contribution in [0, 0.1) is 17.0 Å². The van der Waals surface area contributed by atoms with Gasteiger partial charge in [-0.3, -0.25) is 0 Å². The highest BCUT2D eigenvalue weighted by molar-refractivity contribution is 5.92. The average Bonchev–Trinajstić information content (AvgIpc) is 2.87. The topological polar surface area (TPSA) is 126 Å². The smallest absolute Gasteiger partial charge is 0.465 e. The number of nitrogens with zero attached hydrogens (tertiary/aromatic N) is 6. The van der Waals surface area contributed by atoms with Gasteiger partial charge in [-0.05, 0) is 11.8 Å². The first kappa shape index (κ1) is 12.5. The molecule has 2 aromatic rings. The summed E-state index contributed by atoms with van der Waals surface area (Å²) in [5, 5.41) is 14.1. The highest BCUT2D eigenvalue weighted by Gasteiger charge is 2.21. The number of carbonyl (C=O) groups is 1. The largest absolute Gasteiger partial charge is 0.491 e. The van der Waals surface area contributed by atoms with Crippen molar-refractivity contribution < 1.29 is 14.5 Å². The summed E-state index contributed by atoms with van der Waals surface area (Å²) in [6.07, 6.45) is 2.35. The lowest BCUT2D eigenvalue weighted by molar-refractivity contribution is -0.394. The van der Waals surface area contributed by atoms with E-state index in [2.05, 4.69) is 24.8 Å². The maximum atomic E-state index is 11.6. The molecule has 10 nitrogen and oxygen atoms in total. The van der Waals surface area contributed by atoms with Gasteiger partial charge in [-0.15, -0.1) is 4.68 Å². The normalized spacial score (nSPS) is 10.2. The van der Waals surface area contributed by atoms with Gasteiger partial charge in [0.25, 0.3) is 0 Å². The number of hydrogen-bond donors (Lipinski definition) is 0. The molecule has 0 N–H and O–H groups in total. The molecule has 0 fully saturated rings. The Morgan fingerprint density at radius 1 is 1.47 bits per heavy atom. The maximum absolute atomic E-state index is 11.6. The SMILES string of the molecule is COC(=O)c1cnc(C)nc1-n1cnc([N+](=O)[O-])n1. The second-order valence-corrected chi connectivity index (χ2v) is 3.39. The van der Waals surface area contributed by atoms with Crippen molar-refractivity contribution in [2.75, 3.05) is 7.11 Å². The van der Waals surface area contributed by atoms with Crippen molar-refractivity contribution in [3.05, 3.63) is 34.0 Å². The molecule has 10 heteroatoms. The van der Waals surface area contributed by atoms with Crippen LogP contribution in [0.4, 0.5) is 5.95 Å². The predicted molar refractivity (Wildman–Crippen MR) is 59.7 cm³/mol. The number of carbonyl (C=O) groups excluding carboxylic acids is 1. The quantitative estimate of drug-likeness (QED) is 0.432. The second kappa shape index (κ2) is 4.76. The first-order valence-corrected chi connectivity index (χ1v) is 5.01. The van der Waals surface area contributed by atoms with E-state index in [-0.39, 0.29) is 11.4 Å². The Morgan fingerprint density at radius 3 is 2.79 bits per heavy atom. The Balaban J connectivity index is 2.55. The third-order valence-corrected chi connectivity index (χ3v) is 2.15. The number of ether oxygens (including phenoxy) is 1. The molecule has 98 valence electrons. The monoisotopic (exact) mass is 264 g/mol. The van der Waals surface area contributed by atoms with E-state index in [4.69, 9.17) is 0 Å². The van der Waals surface area contributed by atoms with Gasteiger partial charge in [0.1, 0.15) is 11.4 Å². The molecule has 0 amide bonds. The second-order valence-electron chi connectivity index (χ2n) is 3.39. The summed E-state index contributed by atoms with van der Waals surface area (Å²) in [6, 6.07) is 0. The number of hydrogen-bond acceptors (Lipinski definition) is 8. The van der Waals surface area contributed by atoms with Crippen LogP contribution in [-0.4, -0.2) is 42.7 Å². The Morgan fingerprint density at radius 2 is 2.21 bits per heavy atom. The highest BCUT2D eigenvalue weighted by Crippen LogP contribution is 2.13. The maximum Gasteiger partial charge on any atom is 0.491 e. The molecule has 2 aromatic heterocycles. The molecule has 0 bridgehead atoms. The van der Waals surface area contributed by atoms with E-state index in [9.17, 15) is 14.9 Å². The van der Waals surface area contributed by atoms with Gasteiger partial charge >= 0.3 is 11.9 Å². The number of nitro groups is 1. The minimum Gasteiger partial charge on any atom is -0.465 e. The zero-order valence-corrected chi connectivity index (χ0v) is 9.97. The van der Waals surface area contributed by atoms with Crippen LogP contribution < -0.4 is 0 Å². The lowest BCUT2D eigenvalue weighted by Gasteiger charge is -2.04. The fraction of sp³-hybridized carbons (Fsp3) is 0.222. The number of aryl methyl sites for hydroxylation is 1. The fourth-order valence-electron chi connectivity index (χ4n) is 1.33. The highest BCUT2D eigenvalue weighted by atomic mass is 16.6. The van der Waals surface area contributed by atoms with Crippen molar-refractivity contribution in [1.29, 1.82) is 0 Å². The Bertz CT molecular complexity index is 652. The van der Waals surface area contributed by atoms with E-state index in [1.54, 1.807) is 6.92 Å². The fourth-order valence-corrected chi connectivity index (χ4v) is 1.33. The van der Waals surface area contributed by atoms with Gasteiger partial charge in [-0.1, -0.05) is 4.98 Å². The third-order valence-electron chi connectivity index (χ3n) is 2.15. The van der Waals surface area contributed by atoms with E-state index < -0.39 is 16.8 Å². The van der Waals surface area contributed by atoms with E-state index >= 15 is 0 Å². The molecule has 0 aliphatic heterocycles. The first-order chi connectivity index (χ1) is 9.02. The van der Waals surface area contributed by atoms with Crippen LogP contribution in [0.2, 0.25) is 0 Å². The summed E-state index contributed by atoms with van der Waals surface area (Å²) in [6.45, 7) is 1.61. The van der Waals surface area contributed by atoms with Crippen LogP contribution in [0.3, 0.4) is 0 Å². The van der Waals surface area contributed by atoms with Crippen molar-refractivity contribution in [3.8, 4) is 5.82 Å². The zero-order chi connectivity index (χ0) is 14.0. The Hall–Kier alpha value is -2.91. The standard InChI is InChI=1S/C9H8N6O4/c1-5-10-3-6(8(16)19-2)7(12-5)14-4-11-9(13-14)15(17)18/h3-4H,1-2H3. The summed E-state index contributed by atoms with van der Waals surface area (Å²) in [4.78, 5) is 32.7. The van der Waals surface area contributed by atoms with E-state index in [0.717, 1.165) is 11.0 Å². The van der Waals surface area contributed by atoms with Crippen LogP contribution in [0.25, 0.3) is 5.82 Å². The van der Waals surface area contributed by atoms with E-state index in [1.165, 1.54) is 13.3 Å². The molecule has 19 heavy (non-hydrogen) atoms. The van der Waals surface area contributed by atoms with Gasteiger partial charge in [0.2, 0.25) is 6.33 Å². The van der Waals surface area contributed by atoms with Gasteiger partial charge < -0.3 is 14.9 Å². The van der Waals surface area contributed by atoms with Crippen molar-refractivity contribution in [2.24, 2.45) is 0 Å². The third kappa shape index (κ3) is 2.36. The molecule has 2 heterocycles. The lowest BCUT2D eigenvalue weighted by atomic mass is 10.3. The van der Waals surface area contributed by atoms with E-state index in [0.29, 0.717) is 5.82 Å². The van der Waals surface area contributed by atoms with Crippen LogP contribution in [0.15, 0.2) is 12.5 Å². The van der Waals surface area contributed by atoms with Crippen molar-refractivity contribution in [1.82, 2.24) is 24.7 Å². The Kier molecular flexibility index (Phi) is 3.14. The van der Waals surface area contributed by atoms with E-state index in [1.807, 2.05) is 0 Å². The molecule has 0 radical (unpaired) electrons. The van der Waals surface area contributed by atoms with Gasteiger partial charge in [0.05, 0.1) is 7.11 Å². The van der Waals surface area contributed by atoms with Gasteiger partial charge in [0, 0.05) is 11.3 Å². The zero-order valence-electron chi connectivity index (χ0n) is 9.97. The molecular formula is C9H8N6O4. The van der Waals surface area contributed by atoms with Gasteiger partial charge in [-0.25, -0.2) is 14.8 Å². The molecule has 0 spiro atoms. The summed E-state index contributed by atoms with van der Waals surface area (Å²) in [5.41, 5.74) is 0.0351. The molecule has 0 saturated carbocycles. The van der Waals surface area contributed by atoms with Crippen LogP contribution in [0.1, 0.15) is 16.2 Å². The molecule has 0 aromatic carbocycles. The summed E-state index contributed by atoms with van der Waals surface area (Å²) in [5.74, 6) is -0.819. The molecule has 0 unspecified atom stereocenters. The predicted octanol–water partition coefficient (Wildman–Crippen LogP) is 0.0605. The number of rotatable bonds is 3. The Labute approximate surface area is 106 Å². The van der Waals surface area contributed by atoms with Crippen molar-refractivity contribution in [3.63, 3.8) is 0 Å². The first-order valence-electron chi connectivity index (χ1n) is 5.01. The van der Waals surface area contributed by atoms with Crippen molar-refractivity contribution >= 4 is 11.9 Å². The summed E-state index contributed by atoms with van der Waals surface area (Å²) < 4.78 is 5.61. The van der Waals surface area contributed by atoms with Gasteiger partial charge in [-0.2, -0.15) is 0 Å². The number of aromatic nitrogens is 5. The summed E-state index contributed by atoms with van der Waals surface area (Å²) >= 11 is 0. The van der Waals surface area contributed by atoms with Crippen LogP contribution in [0.5, 0.6) is 0 Å². The van der Waals surface area contributed by atoms with Crippen molar-refractivity contribution in [2.45, 2.75) is 6.92 Å².